The van der Waals surface area contributed by atoms with E-state index in [1.807, 2.05) is 11.6 Å². The second kappa shape index (κ2) is 7.64. The minimum absolute atomic E-state index is 0.332. The monoisotopic (exact) mass is 313 g/mol. The molecule has 0 aromatic carbocycles. The van der Waals surface area contributed by atoms with Crippen LogP contribution in [-0.4, -0.2) is 22.4 Å². The van der Waals surface area contributed by atoms with E-state index in [0.29, 0.717) is 17.4 Å². The Kier molecular flexibility index (Phi) is 6.73. The fourth-order valence-electron chi connectivity index (χ4n) is 2.61. The van der Waals surface area contributed by atoms with Gasteiger partial charge in [0.25, 0.3) is 0 Å². The Balaban J connectivity index is 2.88. The molecular formula is C17H32ClN3. The van der Waals surface area contributed by atoms with Gasteiger partial charge < -0.3 is 5.32 Å². The molecule has 1 N–H and O–H groups in total. The number of nitrogens with zero attached hydrogens (tertiary/aromatic N) is 2. The van der Waals surface area contributed by atoms with Crippen LogP contribution in [0, 0.1) is 18.3 Å². The van der Waals surface area contributed by atoms with E-state index in [1.54, 1.807) is 0 Å². The summed E-state index contributed by atoms with van der Waals surface area (Å²) in [6.07, 6.45) is 2.10. The summed E-state index contributed by atoms with van der Waals surface area (Å²) in [7, 11) is 0. The van der Waals surface area contributed by atoms with Crippen molar-refractivity contribution in [2.24, 2.45) is 11.3 Å². The smallest absolute Gasteiger partial charge is 0.0847 e. The summed E-state index contributed by atoms with van der Waals surface area (Å²) in [5.74, 6) is 0.652. The third-order valence-corrected chi connectivity index (χ3v) is 4.99. The van der Waals surface area contributed by atoms with Crippen molar-refractivity contribution in [1.82, 2.24) is 15.1 Å². The number of hydrogen-bond acceptors (Lipinski definition) is 2. The maximum Gasteiger partial charge on any atom is 0.0847 e. The summed E-state index contributed by atoms with van der Waals surface area (Å²) in [4.78, 5) is 0. The van der Waals surface area contributed by atoms with Gasteiger partial charge in [-0.15, -0.1) is 0 Å². The van der Waals surface area contributed by atoms with Gasteiger partial charge in [0.2, 0.25) is 0 Å². The van der Waals surface area contributed by atoms with Gasteiger partial charge in [-0.1, -0.05) is 46.2 Å². The first-order valence-electron chi connectivity index (χ1n) is 8.15. The van der Waals surface area contributed by atoms with E-state index in [2.05, 4.69) is 52.0 Å². The number of rotatable bonds is 7. The molecular weight excluding hydrogens is 282 g/mol. The highest BCUT2D eigenvalue weighted by Gasteiger charge is 2.25. The van der Waals surface area contributed by atoms with Gasteiger partial charge in [0.05, 0.1) is 16.4 Å². The fraction of sp³-hybridized carbons (Fsp3) is 0.824. The third-order valence-electron chi connectivity index (χ3n) is 4.50. The van der Waals surface area contributed by atoms with E-state index >= 15 is 0 Å². The summed E-state index contributed by atoms with van der Waals surface area (Å²) < 4.78 is 2.05. The zero-order chi connectivity index (χ0) is 16.2. The van der Waals surface area contributed by atoms with E-state index in [-0.39, 0.29) is 0 Å². The van der Waals surface area contributed by atoms with Crippen molar-refractivity contribution in [3.05, 3.63) is 16.4 Å². The van der Waals surface area contributed by atoms with Gasteiger partial charge in [0, 0.05) is 19.0 Å². The van der Waals surface area contributed by atoms with Crippen LogP contribution in [0.25, 0.3) is 0 Å². The maximum absolute atomic E-state index is 6.45. The maximum atomic E-state index is 6.45. The molecule has 21 heavy (non-hydrogen) atoms. The van der Waals surface area contributed by atoms with E-state index in [9.17, 15) is 0 Å². The van der Waals surface area contributed by atoms with E-state index in [0.717, 1.165) is 36.6 Å². The Hall–Kier alpha value is -0.540. The molecule has 2 atom stereocenters. The molecule has 0 fully saturated rings. The first kappa shape index (κ1) is 18.5. The second-order valence-corrected chi connectivity index (χ2v) is 7.50. The van der Waals surface area contributed by atoms with E-state index < -0.39 is 0 Å². The first-order valence-corrected chi connectivity index (χ1v) is 8.53. The number of nitrogens with one attached hydrogen (secondary N) is 1. The molecule has 4 heteroatoms. The molecule has 122 valence electrons. The lowest BCUT2D eigenvalue weighted by Crippen LogP contribution is -2.36. The molecule has 0 aliphatic rings. The Morgan fingerprint density at radius 1 is 1.29 bits per heavy atom. The molecule has 0 saturated carbocycles. The lowest BCUT2D eigenvalue weighted by atomic mass is 9.78. The highest BCUT2D eigenvalue weighted by Crippen LogP contribution is 2.30. The molecule has 0 radical (unpaired) electrons. The van der Waals surface area contributed by atoms with Crippen molar-refractivity contribution >= 4 is 11.6 Å². The van der Waals surface area contributed by atoms with Gasteiger partial charge in [0.15, 0.2) is 0 Å². The summed E-state index contributed by atoms with van der Waals surface area (Å²) in [5, 5.41) is 8.99. The van der Waals surface area contributed by atoms with E-state index in [1.165, 1.54) is 5.69 Å². The summed E-state index contributed by atoms with van der Waals surface area (Å²) in [6.45, 7) is 17.4. The zero-order valence-corrected chi connectivity index (χ0v) is 15.5. The molecule has 0 saturated heterocycles. The van der Waals surface area contributed by atoms with Gasteiger partial charge in [-0.3, -0.25) is 4.68 Å². The SMILES string of the molecule is CCNC(Cc1c(Cl)c(C)nn1CC)CC(C)C(C)(C)C. The molecule has 0 amide bonds. The Morgan fingerprint density at radius 2 is 1.90 bits per heavy atom. The lowest BCUT2D eigenvalue weighted by Gasteiger charge is -2.31. The molecule has 1 aromatic rings. The molecule has 1 heterocycles. The van der Waals surface area contributed by atoms with Gasteiger partial charge in [0.1, 0.15) is 0 Å². The Bertz CT molecular complexity index is 446. The first-order chi connectivity index (χ1) is 9.70. The minimum atomic E-state index is 0.332. The van der Waals surface area contributed by atoms with Crippen LogP contribution in [0.1, 0.15) is 59.4 Å². The third kappa shape index (κ3) is 5.00. The molecule has 1 rings (SSSR count). The summed E-state index contributed by atoms with van der Waals surface area (Å²) in [5.41, 5.74) is 2.44. The van der Waals surface area contributed by atoms with Crippen molar-refractivity contribution in [3.63, 3.8) is 0 Å². The lowest BCUT2D eigenvalue weighted by molar-refractivity contribution is 0.222. The number of hydrogen-bond donors (Lipinski definition) is 1. The van der Waals surface area contributed by atoms with Crippen LogP contribution >= 0.6 is 11.6 Å². The minimum Gasteiger partial charge on any atom is -0.314 e. The highest BCUT2D eigenvalue weighted by atomic mass is 35.5. The molecule has 0 aliphatic carbocycles. The van der Waals surface area contributed by atoms with Crippen molar-refractivity contribution in [3.8, 4) is 0 Å². The van der Waals surface area contributed by atoms with Gasteiger partial charge in [-0.2, -0.15) is 5.10 Å². The quantitative estimate of drug-likeness (QED) is 0.805. The van der Waals surface area contributed by atoms with Gasteiger partial charge in [-0.25, -0.2) is 0 Å². The fourth-order valence-corrected chi connectivity index (χ4v) is 2.82. The molecule has 3 nitrogen and oxygen atoms in total. The standard InChI is InChI=1S/C17H32ClN3/c1-8-19-14(10-12(3)17(5,6)7)11-15-16(18)13(4)20-21(15)9-2/h12,14,19H,8-11H2,1-7H3. The Morgan fingerprint density at radius 3 is 2.38 bits per heavy atom. The number of likely N-dealkylation sites (N-methyl/N-ethyl adjacent to an activating group) is 1. The van der Waals surface area contributed by atoms with Crippen LogP contribution in [0.15, 0.2) is 0 Å². The number of aryl methyl sites for hydroxylation is 2. The van der Waals surface area contributed by atoms with Crippen LogP contribution in [0.4, 0.5) is 0 Å². The van der Waals surface area contributed by atoms with Crippen LogP contribution in [0.2, 0.25) is 5.02 Å². The van der Waals surface area contributed by atoms with Gasteiger partial charge in [-0.05, 0) is 38.1 Å². The molecule has 0 bridgehead atoms. The predicted octanol–water partition coefficient (Wildman–Crippen LogP) is 4.46. The van der Waals surface area contributed by atoms with E-state index in [4.69, 9.17) is 11.6 Å². The van der Waals surface area contributed by atoms with Crippen molar-refractivity contribution in [1.29, 1.82) is 0 Å². The molecule has 0 spiro atoms. The topological polar surface area (TPSA) is 29.9 Å². The second-order valence-electron chi connectivity index (χ2n) is 7.12. The van der Waals surface area contributed by atoms with Crippen LogP contribution in [0.5, 0.6) is 0 Å². The number of halogens is 1. The van der Waals surface area contributed by atoms with Crippen LogP contribution in [-0.2, 0) is 13.0 Å². The predicted molar refractivity (Wildman–Crippen MR) is 92.1 cm³/mol. The van der Waals surface area contributed by atoms with Crippen LogP contribution in [0.3, 0.4) is 0 Å². The summed E-state index contributed by atoms with van der Waals surface area (Å²) in [6, 6.07) is 0.447. The highest BCUT2D eigenvalue weighted by molar-refractivity contribution is 6.31. The largest absolute Gasteiger partial charge is 0.314 e. The molecule has 1 aromatic heterocycles. The average molecular weight is 314 g/mol. The average Bonchev–Trinajstić information content (AvgIpc) is 2.65. The van der Waals surface area contributed by atoms with Crippen molar-refractivity contribution in [2.75, 3.05) is 6.54 Å². The summed E-state index contributed by atoms with van der Waals surface area (Å²) >= 11 is 6.45. The normalized spacial score (nSPS) is 15.2. The van der Waals surface area contributed by atoms with Crippen molar-refractivity contribution < 1.29 is 0 Å². The van der Waals surface area contributed by atoms with Gasteiger partial charge >= 0.3 is 0 Å². The molecule has 0 aliphatic heterocycles. The Labute approximate surface area is 135 Å². The zero-order valence-electron chi connectivity index (χ0n) is 14.8. The molecule has 2 unspecified atom stereocenters. The van der Waals surface area contributed by atoms with Crippen molar-refractivity contribution in [2.45, 2.75) is 73.9 Å². The van der Waals surface area contributed by atoms with Crippen LogP contribution < -0.4 is 5.32 Å². The number of aromatic nitrogens is 2.